The molecule has 132 valence electrons. The van der Waals surface area contributed by atoms with E-state index in [1.54, 1.807) is 18.3 Å². The van der Waals surface area contributed by atoms with Gasteiger partial charge in [0.15, 0.2) is 11.5 Å². The Morgan fingerprint density at radius 1 is 1.16 bits per heavy atom. The number of aromatic nitrogens is 1. The van der Waals surface area contributed by atoms with Crippen molar-refractivity contribution in [1.82, 2.24) is 10.3 Å². The lowest BCUT2D eigenvalue weighted by Crippen LogP contribution is -2.27. The van der Waals surface area contributed by atoms with Gasteiger partial charge in [-0.1, -0.05) is 6.07 Å². The molecule has 1 aliphatic rings. The summed E-state index contributed by atoms with van der Waals surface area (Å²) >= 11 is 0. The number of benzene rings is 1. The van der Waals surface area contributed by atoms with E-state index in [0.717, 1.165) is 29.3 Å². The summed E-state index contributed by atoms with van der Waals surface area (Å²) in [5.74, 6) is 2.10. The number of anilines is 1. The molecule has 0 fully saturated rings. The van der Waals surface area contributed by atoms with Crippen LogP contribution in [0.4, 0.5) is 5.82 Å². The van der Waals surface area contributed by atoms with Gasteiger partial charge in [0, 0.05) is 32.3 Å². The predicted octanol–water partition coefficient (Wildman–Crippen LogP) is 2.80. The molecule has 1 aromatic carbocycles. The Bertz CT molecular complexity index is 761. The molecular weight excluding hydrogens is 318 g/mol. The van der Waals surface area contributed by atoms with E-state index in [1.165, 1.54) is 0 Å². The third-order valence-electron chi connectivity index (χ3n) is 4.09. The predicted molar refractivity (Wildman–Crippen MR) is 96.5 cm³/mol. The average Bonchev–Trinajstić information content (AvgIpc) is 2.86. The molecule has 1 atom stereocenters. The number of amides is 1. The Morgan fingerprint density at radius 2 is 1.92 bits per heavy atom. The summed E-state index contributed by atoms with van der Waals surface area (Å²) in [6.07, 6.45) is 2.51. The second-order valence-corrected chi connectivity index (χ2v) is 6.25. The zero-order valence-corrected chi connectivity index (χ0v) is 14.8. The lowest BCUT2D eigenvalue weighted by Gasteiger charge is -2.17. The molecule has 25 heavy (non-hydrogen) atoms. The van der Waals surface area contributed by atoms with Gasteiger partial charge in [-0.05, 0) is 36.8 Å². The lowest BCUT2D eigenvalue weighted by molar-refractivity contribution is 0.0939. The number of rotatable bonds is 4. The third kappa shape index (κ3) is 4.02. The molecule has 1 aliphatic heterocycles. The van der Waals surface area contributed by atoms with E-state index in [0.29, 0.717) is 18.8 Å². The standard InChI is InChI=1S/C19H23N3O3/c1-13(14-5-6-16-17(11-14)25-10-4-9-24-16)21-19(23)15-7-8-20-18(12-15)22(2)3/h5-8,11-13H,4,9-10H2,1-3H3,(H,21,23)/t13-/m0/s1. The fraction of sp³-hybridized carbons (Fsp3) is 0.368. The summed E-state index contributed by atoms with van der Waals surface area (Å²) in [5.41, 5.74) is 1.55. The Labute approximate surface area is 147 Å². The van der Waals surface area contributed by atoms with Crippen molar-refractivity contribution in [3.8, 4) is 11.5 Å². The number of carbonyl (C=O) groups excluding carboxylic acids is 1. The number of ether oxygens (including phenoxy) is 2. The van der Waals surface area contributed by atoms with Gasteiger partial charge in [-0.15, -0.1) is 0 Å². The smallest absolute Gasteiger partial charge is 0.251 e. The molecule has 0 radical (unpaired) electrons. The molecule has 0 saturated heterocycles. The highest BCUT2D eigenvalue weighted by Crippen LogP contribution is 2.32. The molecule has 1 aromatic heterocycles. The summed E-state index contributed by atoms with van der Waals surface area (Å²) in [6, 6.07) is 9.12. The second kappa shape index (κ2) is 7.42. The van der Waals surface area contributed by atoms with Gasteiger partial charge in [0.1, 0.15) is 5.82 Å². The zero-order valence-electron chi connectivity index (χ0n) is 14.8. The maximum absolute atomic E-state index is 12.5. The van der Waals surface area contributed by atoms with Crippen LogP contribution >= 0.6 is 0 Å². The van der Waals surface area contributed by atoms with Gasteiger partial charge in [-0.3, -0.25) is 4.79 Å². The van der Waals surface area contributed by atoms with Crippen molar-refractivity contribution in [3.05, 3.63) is 47.7 Å². The van der Waals surface area contributed by atoms with Gasteiger partial charge in [-0.2, -0.15) is 0 Å². The second-order valence-electron chi connectivity index (χ2n) is 6.25. The first-order chi connectivity index (χ1) is 12.0. The minimum Gasteiger partial charge on any atom is -0.490 e. The molecular formula is C19H23N3O3. The van der Waals surface area contributed by atoms with Crippen LogP contribution in [0.1, 0.15) is 35.3 Å². The van der Waals surface area contributed by atoms with Gasteiger partial charge in [0.05, 0.1) is 19.3 Å². The quantitative estimate of drug-likeness (QED) is 0.926. The lowest BCUT2D eigenvalue weighted by atomic mass is 10.1. The van der Waals surface area contributed by atoms with Crippen LogP contribution in [0.3, 0.4) is 0 Å². The van der Waals surface area contributed by atoms with Crippen molar-refractivity contribution >= 4 is 11.7 Å². The maximum atomic E-state index is 12.5. The van der Waals surface area contributed by atoms with E-state index in [4.69, 9.17) is 9.47 Å². The van der Waals surface area contributed by atoms with Crippen LogP contribution in [0.15, 0.2) is 36.5 Å². The summed E-state index contributed by atoms with van der Waals surface area (Å²) in [5, 5.41) is 3.02. The molecule has 0 aliphatic carbocycles. The minimum absolute atomic E-state index is 0.134. The van der Waals surface area contributed by atoms with Gasteiger partial charge in [0.25, 0.3) is 5.91 Å². The van der Waals surface area contributed by atoms with E-state index >= 15 is 0 Å². The number of nitrogens with one attached hydrogen (secondary N) is 1. The molecule has 3 rings (SSSR count). The van der Waals surface area contributed by atoms with Gasteiger partial charge < -0.3 is 19.7 Å². The summed E-state index contributed by atoms with van der Waals surface area (Å²) < 4.78 is 11.4. The van der Waals surface area contributed by atoms with E-state index in [9.17, 15) is 4.79 Å². The zero-order chi connectivity index (χ0) is 17.8. The van der Waals surface area contributed by atoms with Gasteiger partial charge >= 0.3 is 0 Å². The Kier molecular flexibility index (Phi) is 5.07. The molecule has 1 amide bonds. The number of nitrogens with zero attached hydrogens (tertiary/aromatic N) is 2. The SMILES string of the molecule is C[C@H](NC(=O)c1ccnc(N(C)C)c1)c1ccc2c(c1)OCCCO2. The monoisotopic (exact) mass is 341 g/mol. The molecule has 0 unspecified atom stereocenters. The van der Waals surface area contributed by atoms with E-state index in [2.05, 4.69) is 10.3 Å². The van der Waals surface area contributed by atoms with Crippen LogP contribution in [-0.2, 0) is 0 Å². The van der Waals surface area contributed by atoms with Crippen LogP contribution < -0.4 is 19.7 Å². The van der Waals surface area contributed by atoms with E-state index < -0.39 is 0 Å². The number of hydrogen-bond acceptors (Lipinski definition) is 5. The van der Waals surface area contributed by atoms with Crippen LogP contribution in [0.2, 0.25) is 0 Å². The molecule has 1 N–H and O–H groups in total. The molecule has 0 spiro atoms. The highest BCUT2D eigenvalue weighted by atomic mass is 16.5. The molecule has 6 heteroatoms. The fourth-order valence-electron chi connectivity index (χ4n) is 2.62. The topological polar surface area (TPSA) is 63.7 Å². The molecule has 0 saturated carbocycles. The Hall–Kier alpha value is -2.76. The van der Waals surface area contributed by atoms with Crippen LogP contribution in [0.5, 0.6) is 11.5 Å². The average molecular weight is 341 g/mol. The van der Waals surface area contributed by atoms with Crippen molar-refractivity contribution in [2.45, 2.75) is 19.4 Å². The Morgan fingerprint density at radius 3 is 2.68 bits per heavy atom. The first-order valence-corrected chi connectivity index (χ1v) is 8.38. The van der Waals surface area contributed by atoms with Crippen molar-refractivity contribution in [3.63, 3.8) is 0 Å². The first-order valence-electron chi connectivity index (χ1n) is 8.38. The summed E-state index contributed by atoms with van der Waals surface area (Å²) in [7, 11) is 3.79. The van der Waals surface area contributed by atoms with Crippen LogP contribution in [-0.4, -0.2) is 38.2 Å². The number of carbonyl (C=O) groups is 1. The minimum atomic E-state index is -0.152. The molecule has 6 nitrogen and oxygen atoms in total. The van der Waals surface area contributed by atoms with Crippen LogP contribution in [0.25, 0.3) is 0 Å². The van der Waals surface area contributed by atoms with E-state index in [1.807, 2.05) is 44.1 Å². The highest BCUT2D eigenvalue weighted by Gasteiger charge is 2.16. The maximum Gasteiger partial charge on any atom is 0.251 e. The highest BCUT2D eigenvalue weighted by molar-refractivity contribution is 5.95. The first kappa shape index (κ1) is 17.1. The molecule has 2 heterocycles. The van der Waals surface area contributed by atoms with Crippen molar-refractivity contribution in [1.29, 1.82) is 0 Å². The third-order valence-corrected chi connectivity index (χ3v) is 4.09. The largest absolute Gasteiger partial charge is 0.490 e. The Balaban J connectivity index is 1.73. The summed E-state index contributed by atoms with van der Waals surface area (Å²) in [6.45, 7) is 3.25. The summed E-state index contributed by atoms with van der Waals surface area (Å²) in [4.78, 5) is 18.6. The van der Waals surface area contributed by atoms with Crippen molar-refractivity contribution < 1.29 is 14.3 Å². The molecule has 2 aromatic rings. The molecule has 0 bridgehead atoms. The van der Waals surface area contributed by atoms with Crippen molar-refractivity contribution in [2.75, 3.05) is 32.2 Å². The number of fused-ring (bicyclic) bond motifs is 1. The van der Waals surface area contributed by atoms with E-state index in [-0.39, 0.29) is 11.9 Å². The van der Waals surface area contributed by atoms with Crippen LogP contribution in [0, 0.1) is 0 Å². The number of pyridine rings is 1. The van der Waals surface area contributed by atoms with Gasteiger partial charge in [-0.25, -0.2) is 4.98 Å². The van der Waals surface area contributed by atoms with Gasteiger partial charge in [0.2, 0.25) is 0 Å². The fourth-order valence-corrected chi connectivity index (χ4v) is 2.62. The normalized spacial score (nSPS) is 14.4. The van der Waals surface area contributed by atoms with Crippen molar-refractivity contribution in [2.24, 2.45) is 0 Å². The number of hydrogen-bond donors (Lipinski definition) is 1.